The van der Waals surface area contributed by atoms with E-state index < -0.39 is 5.97 Å². The van der Waals surface area contributed by atoms with Gasteiger partial charge in [0.25, 0.3) is 0 Å². The van der Waals surface area contributed by atoms with Crippen molar-refractivity contribution in [3.63, 3.8) is 0 Å². The molecule has 0 aromatic carbocycles. The van der Waals surface area contributed by atoms with E-state index in [1.165, 1.54) is 25.4 Å². The van der Waals surface area contributed by atoms with Crippen molar-refractivity contribution in [1.29, 1.82) is 0 Å². The minimum absolute atomic E-state index is 0.0787. The molecule has 0 N–H and O–H groups in total. The molecule has 0 saturated carbocycles. The Bertz CT molecular complexity index is 363. The van der Waals surface area contributed by atoms with Gasteiger partial charge in [0, 0.05) is 4.88 Å². The first-order valence-electron chi connectivity index (χ1n) is 3.99. The van der Waals surface area contributed by atoms with Gasteiger partial charge >= 0.3 is 5.97 Å². The van der Waals surface area contributed by atoms with Crippen molar-refractivity contribution < 1.29 is 14.3 Å². The molecule has 0 spiro atoms. The number of hydrogen-bond acceptors (Lipinski definition) is 4. The standard InChI is InChI=1S/C10H10O3S/c1-7(11)9(10(12)13-2)6-8-4-3-5-14-8/h3-6H,1-2H3. The summed E-state index contributed by atoms with van der Waals surface area (Å²) in [6.45, 7) is 1.34. The van der Waals surface area contributed by atoms with Gasteiger partial charge in [0.1, 0.15) is 5.57 Å². The van der Waals surface area contributed by atoms with E-state index in [1.807, 2.05) is 17.5 Å². The van der Waals surface area contributed by atoms with Crippen LogP contribution in [0.4, 0.5) is 0 Å². The maximum atomic E-state index is 11.2. The normalized spacial score (nSPS) is 11.1. The van der Waals surface area contributed by atoms with Gasteiger partial charge in [-0.3, -0.25) is 4.79 Å². The van der Waals surface area contributed by atoms with Gasteiger partial charge in [-0.2, -0.15) is 0 Å². The summed E-state index contributed by atoms with van der Waals surface area (Å²) in [7, 11) is 1.26. The number of hydrogen-bond donors (Lipinski definition) is 0. The summed E-state index contributed by atoms with van der Waals surface area (Å²) >= 11 is 1.46. The molecule has 0 amide bonds. The van der Waals surface area contributed by atoms with Crippen LogP contribution < -0.4 is 0 Å². The summed E-state index contributed by atoms with van der Waals surface area (Å²) in [5.74, 6) is -0.879. The summed E-state index contributed by atoms with van der Waals surface area (Å²) in [5.41, 5.74) is 0.0787. The highest BCUT2D eigenvalue weighted by Crippen LogP contribution is 2.14. The quantitative estimate of drug-likeness (QED) is 0.331. The van der Waals surface area contributed by atoms with Gasteiger partial charge in [0.2, 0.25) is 0 Å². The van der Waals surface area contributed by atoms with Crippen molar-refractivity contribution in [2.75, 3.05) is 7.11 Å². The number of ketones is 1. The van der Waals surface area contributed by atoms with Gasteiger partial charge in [-0.1, -0.05) is 6.07 Å². The van der Waals surface area contributed by atoms with E-state index >= 15 is 0 Å². The van der Waals surface area contributed by atoms with Gasteiger partial charge in [-0.05, 0) is 24.4 Å². The molecular weight excluding hydrogens is 200 g/mol. The lowest BCUT2D eigenvalue weighted by Gasteiger charge is -1.99. The first-order valence-corrected chi connectivity index (χ1v) is 4.87. The summed E-state index contributed by atoms with van der Waals surface area (Å²) in [6, 6.07) is 3.68. The van der Waals surface area contributed by atoms with Crippen LogP contribution in [0.15, 0.2) is 23.1 Å². The lowest BCUT2D eigenvalue weighted by molar-refractivity contribution is -0.137. The van der Waals surface area contributed by atoms with E-state index in [9.17, 15) is 9.59 Å². The molecule has 14 heavy (non-hydrogen) atoms. The maximum absolute atomic E-state index is 11.2. The maximum Gasteiger partial charge on any atom is 0.341 e. The molecule has 0 unspecified atom stereocenters. The molecule has 0 atom stereocenters. The Morgan fingerprint density at radius 2 is 2.21 bits per heavy atom. The predicted octanol–water partition coefficient (Wildman–Crippen LogP) is 1.89. The lowest BCUT2D eigenvalue weighted by atomic mass is 10.1. The molecule has 1 aromatic heterocycles. The van der Waals surface area contributed by atoms with Crippen LogP contribution in [0, 0.1) is 0 Å². The van der Waals surface area contributed by atoms with Gasteiger partial charge in [-0.15, -0.1) is 11.3 Å². The number of ether oxygens (including phenoxy) is 1. The zero-order chi connectivity index (χ0) is 10.6. The number of thiophene rings is 1. The van der Waals surface area contributed by atoms with E-state index in [4.69, 9.17) is 0 Å². The zero-order valence-electron chi connectivity index (χ0n) is 7.94. The van der Waals surface area contributed by atoms with Crippen LogP contribution in [0.5, 0.6) is 0 Å². The van der Waals surface area contributed by atoms with Crippen molar-refractivity contribution in [2.45, 2.75) is 6.92 Å². The van der Waals surface area contributed by atoms with E-state index in [2.05, 4.69) is 4.74 Å². The molecular formula is C10H10O3S. The molecule has 0 saturated heterocycles. The predicted molar refractivity (Wildman–Crippen MR) is 55.0 cm³/mol. The van der Waals surface area contributed by atoms with Crippen molar-refractivity contribution >= 4 is 29.2 Å². The Kier molecular flexibility index (Phi) is 3.59. The monoisotopic (exact) mass is 210 g/mol. The second kappa shape index (κ2) is 4.72. The average molecular weight is 210 g/mol. The molecule has 3 nitrogen and oxygen atoms in total. The van der Waals surface area contributed by atoms with Gasteiger partial charge in [-0.25, -0.2) is 4.79 Å². The Morgan fingerprint density at radius 3 is 2.64 bits per heavy atom. The Labute approximate surface area is 86.0 Å². The highest BCUT2D eigenvalue weighted by Gasteiger charge is 2.14. The number of rotatable bonds is 3. The summed E-state index contributed by atoms with van der Waals surface area (Å²) in [6.07, 6.45) is 1.54. The minimum atomic E-state index is -0.592. The molecule has 0 bridgehead atoms. The van der Waals surface area contributed by atoms with Crippen LogP contribution in [0.3, 0.4) is 0 Å². The van der Waals surface area contributed by atoms with E-state index in [1.54, 1.807) is 6.08 Å². The molecule has 1 rings (SSSR count). The summed E-state index contributed by atoms with van der Waals surface area (Å²) in [4.78, 5) is 23.1. The van der Waals surface area contributed by atoms with Crippen LogP contribution in [0.2, 0.25) is 0 Å². The molecule has 74 valence electrons. The Hall–Kier alpha value is -1.42. The summed E-state index contributed by atoms with van der Waals surface area (Å²) < 4.78 is 4.50. The molecule has 0 aliphatic heterocycles. The molecule has 0 aliphatic rings. The van der Waals surface area contributed by atoms with Gasteiger partial charge < -0.3 is 4.74 Å². The third-order valence-corrected chi connectivity index (χ3v) is 2.43. The highest BCUT2D eigenvalue weighted by molar-refractivity contribution is 7.10. The zero-order valence-corrected chi connectivity index (χ0v) is 8.76. The van der Waals surface area contributed by atoms with Gasteiger partial charge in [0.05, 0.1) is 7.11 Å². The van der Waals surface area contributed by atoms with Crippen molar-refractivity contribution in [3.05, 3.63) is 28.0 Å². The molecule has 0 fully saturated rings. The molecule has 4 heteroatoms. The fourth-order valence-electron chi connectivity index (χ4n) is 0.930. The van der Waals surface area contributed by atoms with Crippen LogP contribution in [-0.4, -0.2) is 18.9 Å². The third-order valence-electron chi connectivity index (χ3n) is 1.61. The van der Waals surface area contributed by atoms with Crippen LogP contribution >= 0.6 is 11.3 Å². The van der Waals surface area contributed by atoms with Crippen molar-refractivity contribution in [2.24, 2.45) is 0 Å². The smallest absolute Gasteiger partial charge is 0.341 e. The number of methoxy groups -OCH3 is 1. The highest BCUT2D eigenvalue weighted by atomic mass is 32.1. The fraction of sp³-hybridized carbons (Fsp3) is 0.200. The Morgan fingerprint density at radius 1 is 1.50 bits per heavy atom. The molecule has 1 heterocycles. The second-order valence-corrected chi connectivity index (χ2v) is 3.60. The van der Waals surface area contributed by atoms with Crippen LogP contribution in [0.1, 0.15) is 11.8 Å². The molecule has 1 aromatic rings. The largest absolute Gasteiger partial charge is 0.465 e. The molecule has 0 aliphatic carbocycles. The number of carbonyl (C=O) groups excluding carboxylic acids is 2. The van der Waals surface area contributed by atoms with E-state index in [-0.39, 0.29) is 11.4 Å². The van der Waals surface area contributed by atoms with Gasteiger partial charge in [0.15, 0.2) is 5.78 Å². The van der Waals surface area contributed by atoms with Crippen LogP contribution in [0.25, 0.3) is 6.08 Å². The Balaban J connectivity index is 2.99. The van der Waals surface area contributed by atoms with E-state index in [0.29, 0.717) is 0 Å². The lowest BCUT2D eigenvalue weighted by Crippen LogP contribution is -2.11. The third kappa shape index (κ3) is 2.53. The molecule has 0 radical (unpaired) electrons. The average Bonchev–Trinajstić information content (AvgIpc) is 2.65. The summed E-state index contributed by atoms with van der Waals surface area (Å²) in [5, 5.41) is 1.88. The van der Waals surface area contributed by atoms with Crippen molar-refractivity contribution in [3.8, 4) is 0 Å². The SMILES string of the molecule is COC(=O)C(=Cc1cccs1)C(C)=O. The van der Waals surface area contributed by atoms with E-state index in [0.717, 1.165) is 4.88 Å². The number of Topliss-reactive ketones (excluding diaryl/α,β-unsaturated/α-hetero) is 1. The first kappa shape index (κ1) is 10.7. The fourth-order valence-corrected chi connectivity index (χ4v) is 1.59. The first-order chi connectivity index (χ1) is 6.65. The second-order valence-electron chi connectivity index (χ2n) is 2.62. The topological polar surface area (TPSA) is 43.4 Å². The number of esters is 1. The minimum Gasteiger partial charge on any atom is -0.465 e. The van der Waals surface area contributed by atoms with Crippen molar-refractivity contribution in [1.82, 2.24) is 0 Å². The van der Waals surface area contributed by atoms with Crippen LogP contribution in [-0.2, 0) is 14.3 Å². The number of carbonyl (C=O) groups is 2.